The zero-order valence-electron chi connectivity index (χ0n) is 9.16. The highest BCUT2D eigenvalue weighted by molar-refractivity contribution is 7.16. The lowest BCUT2D eigenvalue weighted by Crippen LogP contribution is -2.28. The molecule has 0 saturated carbocycles. The molecule has 0 aliphatic carbocycles. The second kappa shape index (κ2) is 4.99. The van der Waals surface area contributed by atoms with Gasteiger partial charge in [-0.05, 0) is 18.4 Å². The van der Waals surface area contributed by atoms with Crippen molar-refractivity contribution in [2.75, 3.05) is 0 Å². The Bertz CT molecular complexity index is 558. The van der Waals surface area contributed by atoms with Crippen LogP contribution in [0, 0.1) is 0 Å². The summed E-state index contributed by atoms with van der Waals surface area (Å²) in [6, 6.07) is 1.76. The minimum atomic E-state index is -4.39. The topological polar surface area (TPSA) is 35.0 Å². The first-order valence-electron chi connectivity index (χ1n) is 4.96. The van der Waals surface area contributed by atoms with Gasteiger partial charge in [-0.3, -0.25) is 0 Å². The molecule has 18 heavy (non-hydrogen) atoms. The maximum atomic E-state index is 12.2. The van der Waals surface area contributed by atoms with Crippen molar-refractivity contribution in [2.45, 2.75) is 25.8 Å². The highest BCUT2D eigenvalue weighted by atomic mass is 35.5. The first-order chi connectivity index (χ1) is 8.38. The normalized spacial score (nSPS) is 14.1. The van der Waals surface area contributed by atoms with Crippen LogP contribution < -0.4 is 0 Å². The van der Waals surface area contributed by atoms with Gasteiger partial charge >= 0.3 is 6.18 Å². The number of halogens is 4. The lowest BCUT2D eigenvalue weighted by molar-refractivity contribution is -0.217. The SMILES string of the molecule is CC(OCc1nc(Cl)c2ccsc2n1)C(F)(F)F. The van der Waals surface area contributed by atoms with Crippen LogP contribution in [-0.4, -0.2) is 22.2 Å². The molecule has 0 fully saturated rings. The maximum Gasteiger partial charge on any atom is 0.414 e. The van der Waals surface area contributed by atoms with Crippen LogP contribution in [0.4, 0.5) is 13.2 Å². The minimum absolute atomic E-state index is 0.144. The minimum Gasteiger partial charge on any atom is -0.361 e. The van der Waals surface area contributed by atoms with Crippen LogP contribution in [0.25, 0.3) is 10.2 Å². The van der Waals surface area contributed by atoms with Crippen molar-refractivity contribution < 1.29 is 17.9 Å². The van der Waals surface area contributed by atoms with E-state index in [1.807, 2.05) is 0 Å². The Morgan fingerprint density at radius 2 is 2.17 bits per heavy atom. The summed E-state index contributed by atoms with van der Waals surface area (Å²) >= 11 is 7.23. The van der Waals surface area contributed by atoms with Crippen LogP contribution in [0.1, 0.15) is 12.7 Å². The number of aromatic nitrogens is 2. The molecule has 0 aromatic carbocycles. The molecule has 2 aromatic heterocycles. The predicted molar refractivity (Wildman–Crippen MR) is 62.7 cm³/mol. The largest absolute Gasteiger partial charge is 0.414 e. The molecule has 2 rings (SSSR count). The summed E-state index contributed by atoms with van der Waals surface area (Å²) in [5, 5.41) is 2.70. The Morgan fingerprint density at radius 1 is 1.44 bits per heavy atom. The maximum absolute atomic E-state index is 12.2. The lowest BCUT2D eigenvalue weighted by atomic mass is 10.4. The smallest absolute Gasteiger partial charge is 0.361 e. The molecule has 3 nitrogen and oxygen atoms in total. The molecule has 0 saturated heterocycles. The number of nitrogens with zero attached hydrogens (tertiary/aromatic N) is 2. The Morgan fingerprint density at radius 3 is 2.83 bits per heavy atom. The predicted octanol–water partition coefficient (Wildman–Crippen LogP) is 3.81. The van der Waals surface area contributed by atoms with Crippen molar-refractivity contribution in [1.82, 2.24) is 9.97 Å². The summed E-state index contributed by atoms with van der Waals surface area (Å²) in [6.45, 7) is 0.611. The Balaban J connectivity index is 2.13. The lowest BCUT2D eigenvalue weighted by Gasteiger charge is -2.15. The van der Waals surface area contributed by atoms with Crippen molar-refractivity contribution in [3.63, 3.8) is 0 Å². The molecule has 0 N–H and O–H groups in total. The van der Waals surface area contributed by atoms with Gasteiger partial charge in [0.05, 0.1) is 0 Å². The molecule has 0 bridgehead atoms. The van der Waals surface area contributed by atoms with Gasteiger partial charge in [0.25, 0.3) is 0 Å². The van der Waals surface area contributed by atoms with Crippen molar-refractivity contribution >= 4 is 33.2 Å². The standard InChI is InChI=1S/C10H8ClF3N2OS/c1-5(10(12,13)14)17-4-7-15-8(11)6-2-3-18-9(6)16-7/h2-3,5H,4H2,1H3. The van der Waals surface area contributed by atoms with E-state index in [2.05, 4.69) is 14.7 Å². The Labute approximate surface area is 110 Å². The number of thiophene rings is 1. The third kappa shape index (κ3) is 2.90. The number of hydrogen-bond donors (Lipinski definition) is 0. The number of alkyl halides is 3. The monoisotopic (exact) mass is 296 g/mol. The number of rotatable bonds is 3. The first kappa shape index (κ1) is 13.5. The highest BCUT2D eigenvalue weighted by Crippen LogP contribution is 2.26. The summed E-state index contributed by atoms with van der Waals surface area (Å²) in [4.78, 5) is 8.61. The van der Waals surface area contributed by atoms with Gasteiger partial charge in [-0.2, -0.15) is 13.2 Å². The van der Waals surface area contributed by atoms with Gasteiger partial charge in [0.2, 0.25) is 0 Å². The molecule has 0 amide bonds. The van der Waals surface area contributed by atoms with Gasteiger partial charge in [0.15, 0.2) is 11.9 Å². The third-order valence-corrected chi connectivity index (χ3v) is 3.34. The average molecular weight is 297 g/mol. The van der Waals surface area contributed by atoms with Crippen molar-refractivity contribution in [3.8, 4) is 0 Å². The van der Waals surface area contributed by atoms with Crippen LogP contribution in [0.3, 0.4) is 0 Å². The second-order valence-corrected chi connectivity index (χ2v) is 4.82. The van der Waals surface area contributed by atoms with Gasteiger partial charge in [-0.1, -0.05) is 11.6 Å². The average Bonchev–Trinajstić information content (AvgIpc) is 2.73. The van der Waals surface area contributed by atoms with Crippen molar-refractivity contribution in [1.29, 1.82) is 0 Å². The summed E-state index contributed by atoms with van der Waals surface area (Å²) in [5.41, 5.74) is 0. The van der Waals surface area contributed by atoms with E-state index in [0.717, 1.165) is 6.92 Å². The molecule has 8 heteroatoms. The van der Waals surface area contributed by atoms with Gasteiger partial charge in [0, 0.05) is 5.39 Å². The second-order valence-electron chi connectivity index (χ2n) is 3.56. The van der Waals surface area contributed by atoms with Gasteiger partial charge < -0.3 is 4.74 Å². The zero-order valence-corrected chi connectivity index (χ0v) is 10.7. The summed E-state index contributed by atoms with van der Waals surface area (Å²) in [7, 11) is 0. The summed E-state index contributed by atoms with van der Waals surface area (Å²) < 4.78 is 41.4. The molecule has 2 aromatic rings. The van der Waals surface area contributed by atoms with E-state index in [1.165, 1.54) is 11.3 Å². The number of hydrogen-bond acceptors (Lipinski definition) is 4. The molecule has 0 aliphatic rings. The van der Waals surface area contributed by atoms with Crippen LogP contribution in [0.15, 0.2) is 11.4 Å². The van der Waals surface area contributed by atoms with E-state index < -0.39 is 12.3 Å². The summed E-state index contributed by atoms with van der Waals surface area (Å²) in [5.74, 6) is 0.144. The van der Waals surface area contributed by atoms with Gasteiger partial charge in [-0.25, -0.2) is 9.97 Å². The van der Waals surface area contributed by atoms with Crippen molar-refractivity contribution in [3.05, 3.63) is 22.4 Å². The molecule has 0 spiro atoms. The molecule has 0 radical (unpaired) electrons. The third-order valence-electron chi connectivity index (χ3n) is 2.25. The van der Waals surface area contributed by atoms with Crippen LogP contribution in [-0.2, 0) is 11.3 Å². The van der Waals surface area contributed by atoms with E-state index in [9.17, 15) is 13.2 Å². The van der Waals surface area contributed by atoms with E-state index in [1.54, 1.807) is 11.4 Å². The van der Waals surface area contributed by atoms with Crippen LogP contribution >= 0.6 is 22.9 Å². The number of ether oxygens (including phenoxy) is 1. The highest BCUT2D eigenvalue weighted by Gasteiger charge is 2.37. The van der Waals surface area contributed by atoms with E-state index in [-0.39, 0.29) is 17.6 Å². The molecule has 1 atom stereocenters. The molecular weight excluding hydrogens is 289 g/mol. The fourth-order valence-electron chi connectivity index (χ4n) is 1.22. The van der Waals surface area contributed by atoms with Crippen LogP contribution in [0.2, 0.25) is 5.15 Å². The van der Waals surface area contributed by atoms with E-state index >= 15 is 0 Å². The molecule has 0 aliphatic heterocycles. The first-order valence-corrected chi connectivity index (χ1v) is 6.21. The van der Waals surface area contributed by atoms with Gasteiger partial charge in [0.1, 0.15) is 16.6 Å². The number of fused-ring (bicyclic) bond motifs is 1. The zero-order chi connectivity index (χ0) is 13.3. The Kier molecular flexibility index (Phi) is 3.74. The molecule has 98 valence electrons. The van der Waals surface area contributed by atoms with E-state index in [4.69, 9.17) is 11.6 Å². The van der Waals surface area contributed by atoms with Gasteiger partial charge in [-0.15, -0.1) is 11.3 Å². The summed E-state index contributed by atoms with van der Waals surface area (Å²) in [6.07, 6.45) is -6.25. The molecule has 1 unspecified atom stereocenters. The van der Waals surface area contributed by atoms with Crippen LogP contribution in [0.5, 0.6) is 0 Å². The van der Waals surface area contributed by atoms with E-state index in [0.29, 0.717) is 10.2 Å². The Hall–Kier alpha value is -0.920. The fraction of sp³-hybridized carbons (Fsp3) is 0.400. The molecule has 2 heterocycles. The quantitative estimate of drug-likeness (QED) is 0.808. The fourth-order valence-corrected chi connectivity index (χ4v) is 2.31. The van der Waals surface area contributed by atoms with Crippen molar-refractivity contribution in [2.24, 2.45) is 0 Å². The molecular formula is C10H8ClF3N2OS.